The van der Waals surface area contributed by atoms with Gasteiger partial charge in [-0.15, -0.1) is 0 Å². The van der Waals surface area contributed by atoms with Gasteiger partial charge in [0.2, 0.25) is 0 Å². The summed E-state index contributed by atoms with van der Waals surface area (Å²) in [7, 11) is 0. The van der Waals surface area contributed by atoms with E-state index in [4.69, 9.17) is 0 Å². The van der Waals surface area contributed by atoms with Crippen molar-refractivity contribution < 1.29 is 63.7 Å². The van der Waals surface area contributed by atoms with Crippen molar-refractivity contribution in [3.63, 3.8) is 0 Å². The second kappa shape index (κ2) is 26.3. The summed E-state index contributed by atoms with van der Waals surface area (Å²) in [6.07, 6.45) is 0. The Morgan fingerprint density at radius 1 is 1.00 bits per heavy atom. The van der Waals surface area contributed by atoms with Crippen LogP contribution in [0.4, 0.5) is 0 Å². The second-order valence-corrected chi connectivity index (χ2v) is 0. The van der Waals surface area contributed by atoms with E-state index in [0.717, 1.165) is 0 Å². The largest absolute Gasteiger partial charge is 0.412 e. The van der Waals surface area contributed by atoms with Gasteiger partial charge in [0.05, 0.1) is 0 Å². The van der Waals surface area contributed by atoms with Crippen molar-refractivity contribution in [3.05, 3.63) is 0 Å². The van der Waals surface area contributed by atoms with Crippen molar-refractivity contribution in [2.75, 3.05) is 0 Å². The molecule has 0 bridgehead atoms. The summed E-state index contributed by atoms with van der Waals surface area (Å²) in [5.41, 5.74) is 0. The van der Waals surface area contributed by atoms with E-state index in [-0.39, 0.29) is 113 Å². The Bertz CT molecular complexity index is 11.6. The third-order valence-corrected chi connectivity index (χ3v) is 0. The monoisotopic (exact) mass is 324 g/mol. The molecular formula is H2BaFeOTiZn. The molecular weight excluding hydrogens is 322 g/mol. The van der Waals surface area contributed by atoms with Crippen LogP contribution in [0.3, 0.4) is 0 Å². The second-order valence-electron chi connectivity index (χ2n) is 0. The van der Waals surface area contributed by atoms with E-state index in [1.807, 2.05) is 0 Å². The van der Waals surface area contributed by atoms with Gasteiger partial charge in [0, 0.05) is 107 Å². The van der Waals surface area contributed by atoms with Gasteiger partial charge < -0.3 is 5.48 Å². The molecule has 2 N–H and O–H groups in total. The average molecular weight is 324 g/mol. The zero-order valence-corrected chi connectivity index (χ0v) is 12.8. The van der Waals surface area contributed by atoms with Gasteiger partial charge in [-0.3, -0.25) is 0 Å². The molecule has 0 aromatic rings. The Kier molecular flexibility index (Phi) is 209. The van der Waals surface area contributed by atoms with Crippen LogP contribution < -0.4 is 0 Å². The Morgan fingerprint density at radius 3 is 1.00 bits per heavy atom. The smallest absolute Gasteiger partial charge is 0 e. The first-order valence-electron chi connectivity index (χ1n) is 0. The standard InChI is InChI=1S/Ba.Fe.H2O.Ti.Zn/h;;1H2;;. The van der Waals surface area contributed by atoms with Crippen LogP contribution in [0.1, 0.15) is 0 Å². The molecule has 0 aromatic carbocycles. The van der Waals surface area contributed by atoms with E-state index in [2.05, 4.69) is 0 Å². The summed E-state index contributed by atoms with van der Waals surface area (Å²) in [6, 6.07) is 0. The molecule has 5 heavy (non-hydrogen) atoms. The Balaban J connectivity index is 0. The van der Waals surface area contributed by atoms with E-state index >= 15 is 0 Å². The van der Waals surface area contributed by atoms with Gasteiger partial charge in [-0.05, 0) is 0 Å². The van der Waals surface area contributed by atoms with Gasteiger partial charge in [-0.25, -0.2) is 0 Å². The van der Waals surface area contributed by atoms with Crippen LogP contribution in [-0.2, 0) is 58.3 Å². The molecule has 24 valence electrons. The molecule has 0 atom stereocenters. The van der Waals surface area contributed by atoms with Crippen molar-refractivity contribution in [1.82, 2.24) is 0 Å². The number of hydrogen-bond acceptors (Lipinski definition) is 0. The van der Waals surface area contributed by atoms with Gasteiger partial charge in [-0.1, -0.05) is 0 Å². The molecule has 0 aliphatic rings. The van der Waals surface area contributed by atoms with Crippen LogP contribution in [0.15, 0.2) is 0 Å². The van der Waals surface area contributed by atoms with Crippen molar-refractivity contribution in [3.8, 4) is 0 Å². The summed E-state index contributed by atoms with van der Waals surface area (Å²) in [5, 5.41) is 0. The fraction of sp³-hybridized carbons (Fsp3) is 0. The fourth-order valence-electron chi connectivity index (χ4n) is 0. The maximum absolute atomic E-state index is 0. The third-order valence-electron chi connectivity index (χ3n) is 0. The van der Waals surface area contributed by atoms with Gasteiger partial charge in [-0.2, -0.15) is 0 Å². The van der Waals surface area contributed by atoms with Gasteiger partial charge >= 0.3 is 0 Å². The zero-order chi connectivity index (χ0) is 0. The number of hydrogen-bond donors (Lipinski definition) is 0. The fourth-order valence-corrected chi connectivity index (χ4v) is 0. The molecule has 0 aliphatic heterocycles. The molecule has 0 fully saturated rings. The molecule has 0 aromatic heterocycles. The summed E-state index contributed by atoms with van der Waals surface area (Å²) in [6.45, 7) is 0. The van der Waals surface area contributed by atoms with Crippen molar-refractivity contribution in [2.45, 2.75) is 0 Å². The molecule has 5 heteroatoms. The van der Waals surface area contributed by atoms with Crippen LogP contribution in [0.2, 0.25) is 0 Å². The minimum absolute atomic E-state index is 0. The quantitative estimate of drug-likeness (QED) is 0.501. The molecule has 0 saturated heterocycles. The van der Waals surface area contributed by atoms with E-state index in [1.165, 1.54) is 0 Å². The van der Waals surface area contributed by atoms with E-state index < -0.39 is 0 Å². The summed E-state index contributed by atoms with van der Waals surface area (Å²) in [5.74, 6) is 0. The van der Waals surface area contributed by atoms with Crippen molar-refractivity contribution in [1.29, 1.82) is 0 Å². The molecule has 0 saturated carbocycles. The molecule has 0 rings (SSSR count). The Hall–Kier alpha value is 3.39. The van der Waals surface area contributed by atoms with Gasteiger partial charge in [0.15, 0.2) is 0 Å². The molecule has 0 heterocycles. The van der Waals surface area contributed by atoms with Crippen molar-refractivity contribution in [2.24, 2.45) is 0 Å². The maximum Gasteiger partial charge on any atom is 0 e. The first-order valence-corrected chi connectivity index (χ1v) is 0. The molecule has 0 unspecified atom stereocenters. The Morgan fingerprint density at radius 2 is 1.00 bits per heavy atom. The minimum atomic E-state index is 0. The van der Waals surface area contributed by atoms with Crippen LogP contribution in [0, 0.1) is 0 Å². The molecule has 1 nitrogen and oxygen atoms in total. The van der Waals surface area contributed by atoms with E-state index in [1.54, 1.807) is 0 Å². The predicted octanol–water partition coefficient (Wildman–Crippen LogP) is -1.21. The first kappa shape index (κ1) is 39.9. The molecule has 0 aliphatic carbocycles. The van der Waals surface area contributed by atoms with Gasteiger partial charge in [0.1, 0.15) is 0 Å². The number of rotatable bonds is 0. The van der Waals surface area contributed by atoms with Crippen LogP contribution >= 0.6 is 0 Å². The third kappa shape index (κ3) is 18.7. The minimum Gasteiger partial charge on any atom is -0.412 e. The van der Waals surface area contributed by atoms with Crippen LogP contribution in [0.5, 0.6) is 0 Å². The van der Waals surface area contributed by atoms with Gasteiger partial charge in [0.25, 0.3) is 0 Å². The molecule has 0 spiro atoms. The van der Waals surface area contributed by atoms with Crippen molar-refractivity contribution >= 4 is 48.9 Å². The van der Waals surface area contributed by atoms with E-state index in [0.29, 0.717) is 0 Å². The summed E-state index contributed by atoms with van der Waals surface area (Å²) >= 11 is 0. The maximum atomic E-state index is 0. The van der Waals surface area contributed by atoms with E-state index in [9.17, 15) is 0 Å². The van der Waals surface area contributed by atoms with Crippen LogP contribution in [-0.4, -0.2) is 54.4 Å². The zero-order valence-electron chi connectivity index (χ0n) is 2.77. The summed E-state index contributed by atoms with van der Waals surface area (Å²) < 4.78 is 0. The first-order chi connectivity index (χ1) is 0. The SMILES string of the molecule is O.[Ba].[Fe].[Ti].[Zn]. The Labute approximate surface area is 110 Å². The molecule has 2 radical (unpaired) electrons. The normalized spacial score (nSPS) is 0. The predicted molar refractivity (Wildman–Crippen MR) is 9.37 cm³/mol. The molecule has 0 amide bonds. The topological polar surface area (TPSA) is 31.5 Å². The van der Waals surface area contributed by atoms with Crippen LogP contribution in [0.25, 0.3) is 0 Å². The average Bonchev–Trinajstić information content (AvgIpc) is 0. The summed E-state index contributed by atoms with van der Waals surface area (Å²) in [4.78, 5) is 0.